The minimum absolute atomic E-state index is 0. The van der Waals surface area contributed by atoms with E-state index in [4.69, 9.17) is 4.74 Å². The van der Waals surface area contributed by atoms with Crippen LogP contribution in [-0.4, -0.2) is 31.3 Å². The Hall–Kier alpha value is -1.16. The summed E-state index contributed by atoms with van der Waals surface area (Å²) in [6, 6.07) is 10.1. The number of aliphatic imine (C=N–C) groups is 1. The van der Waals surface area contributed by atoms with Gasteiger partial charge in [0.2, 0.25) is 0 Å². The molecule has 1 atom stereocenters. The zero-order valence-electron chi connectivity index (χ0n) is 15.5. The molecular weight excluding hydrogens is 461 g/mol. The largest absolute Gasteiger partial charge is 0.384 e. The molecule has 144 valence electrons. The van der Waals surface area contributed by atoms with Crippen molar-refractivity contribution in [2.24, 2.45) is 4.99 Å². The van der Waals surface area contributed by atoms with Crippen LogP contribution in [-0.2, 0) is 23.5 Å². The van der Waals surface area contributed by atoms with Gasteiger partial charge in [0.25, 0.3) is 0 Å². The van der Waals surface area contributed by atoms with Gasteiger partial charge in [0, 0.05) is 13.7 Å². The standard InChI is InChI=1S/C19H27N3O2S.HI/c1-4-20-18(22-14-19(2,23)17-9-10-25-13-17)21-11-15-7-5-6-8-16(15)12-24-3;/h5-10,13,23H,4,11-12,14H2,1-3H3,(H2,20,21,22);1H. The molecule has 0 bridgehead atoms. The fourth-order valence-corrected chi connectivity index (χ4v) is 3.23. The second kappa shape index (κ2) is 11.5. The van der Waals surface area contributed by atoms with Crippen molar-refractivity contribution in [3.8, 4) is 0 Å². The fourth-order valence-electron chi connectivity index (χ4n) is 2.44. The Balaban J connectivity index is 0.00000338. The van der Waals surface area contributed by atoms with Crippen LogP contribution < -0.4 is 10.6 Å². The Kier molecular flexibility index (Phi) is 10.1. The molecule has 0 spiro atoms. The summed E-state index contributed by atoms with van der Waals surface area (Å²) in [6.07, 6.45) is 0. The Morgan fingerprint density at radius 2 is 1.96 bits per heavy atom. The van der Waals surface area contributed by atoms with Crippen molar-refractivity contribution in [2.75, 3.05) is 20.2 Å². The van der Waals surface area contributed by atoms with Gasteiger partial charge in [-0.3, -0.25) is 0 Å². The molecule has 0 aliphatic rings. The van der Waals surface area contributed by atoms with Gasteiger partial charge >= 0.3 is 0 Å². The zero-order valence-corrected chi connectivity index (χ0v) is 18.6. The third-order valence-corrected chi connectivity index (χ3v) is 4.60. The monoisotopic (exact) mass is 489 g/mol. The van der Waals surface area contributed by atoms with Crippen molar-refractivity contribution in [3.05, 3.63) is 57.8 Å². The van der Waals surface area contributed by atoms with Crippen molar-refractivity contribution < 1.29 is 9.84 Å². The smallest absolute Gasteiger partial charge is 0.191 e. The molecular formula is C19H28IN3O2S. The number of nitrogens with zero attached hydrogens (tertiary/aromatic N) is 1. The number of halogens is 1. The first kappa shape index (κ1) is 22.9. The van der Waals surface area contributed by atoms with E-state index >= 15 is 0 Å². The van der Waals surface area contributed by atoms with E-state index in [-0.39, 0.29) is 24.0 Å². The van der Waals surface area contributed by atoms with Crippen LogP contribution in [0.3, 0.4) is 0 Å². The molecule has 5 nitrogen and oxygen atoms in total. The molecule has 0 amide bonds. The normalized spacial score (nSPS) is 13.6. The Labute approximate surface area is 176 Å². The molecule has 0 radical (unpaired) electrons. The molecule has 0 aliphatic carbocycles. The Morgan fingerprint density at radius 1 is 1.23 bits per heavy atom. The molecule has 0 aliphatic heterocycles. The van der Waals surface area contributed by atoms with Gasteiger partial charge in [0.05, 0.1) is 19.7 Å². The van der Waals surface area contributed by atoms with Gasteiger partial charge in [-0.25, -0.2) is 4.99 Å². The lowest BCUT2D eigenvalue weighted by atomic mass is 9.99. The van der Waals surface area contributed by atoms with Crippen LogP contribution in [0.5, 0.6) is 0 Å². The average molecular weight is 489 g/mol. The van der Waals surface area contributed by atoms with Crippen LogP contribution in [0.15, 0.2) is 46.1 Å². The first-order valence-electron chi connectivity index (χ1n) is 8.39. The van der Waals surface area contributed by atoms with E-state index in [1.807, 2.05) is 35.9 Å². The van der Waals surface area contributed by atoms with Crippen molar-refractivity contribution in [1.82, 2.24) is 10.6 Å². The van der Waals surface area contributed by atoms with Crippen LogP contribution >= 0.6 is 35.3 Å². The minimum Gasteiger partial charge on any atom is -0.384 e. The summed E-state index contributed by atoms with van der Waals surface area (Å²) < 4.78 is 5.24. The summed E-state index contributed by atoms with van der Waals surface area (Å²) in [5, 5.41) is 21.0. The molecule has 7 heteroatoms. The van der Waals surface area contributed by atoms with Gasteiger partial charge in [-0.15, -0.1) is 24.0 Å². The summed E-state index contributed by atoms with van der Waals surface area (Å²) >= 11 is 1.58. The predicted molar refractivity (Wildman–Crippen MR) is 119 cm³/mol. The van der Waals surface area contributed by atoms with E-state index in [1.54, 1.807) is 25.4 Å². The van der Waals surface area contributed by atoms with Crippen molar-refractivity contribution in [3.63, 3.8) is 0 Å². The Morgan fingerprint density at radius 3 is 2.58 bits per heavy atom. The molecule has 1 aromatic heterocycles. The lowest BCUT2D eigenvalue weighted by Crippen LogP contribution is -2.44. The van der Waals surface area contributed by atoms with E-state index in [2.05, 4.69) is 27.8 Å². The van der Waals surface area contributed by atoms with E-state index in [0.29, 0.717) is 25.7 Å². The van der Waals surface area contributed by atoms with E-state index < -0.39 is 5.60 Å². The Bertz CT molecular complexity index is 675. The van der Waals surface area contributed by atoms with Gasteiger partial charge in [0.1, 0.15) is 5.60 Å². The topological polar surface area (TPSA) is 65.9 Å². The van der Waals surface area contributed by atoms with Gasteiger partial charge < -0.3 is 20.5 Å². The second-order valence-corrected chi connectivity index (χ2v) is 6.82. The predicted octanol–water partition coefficient (Wildman–Crippen LogP) is 3.48. The molecule has 26 heavy (non-hydrogen) atoms. The fraction of sp³-hybridized carbons (Fsp3) is 0.421. The molecule has 3 N–H and O–H groups in total. The maximum absolute atomic E-state index is 10.6. The number of methoxy groups -OCH3 is 1. The molecule has 1 heterocycles. The van der Waals surface area contributed by atoms with Crippen LogP contribution in [0.2, 0.25) is 0 Å². The highest BCUT2D eigenvalue weighted by molar-refractivity contribution is 14.0. The van der Waals surface area contributed by atoms with Crippen molar-refractivity contribution in [1.29, 1.82) is 0 Å². The zero-order chi connectivity index (χ0) is 18.1. The first-order chi connectivity index (χ1) is 12.1. The molecule has 0 fully saturated rings. The number of aliphatic hydroxyl groups is 1. The van der Waals surface area contributed by atoms with E-state index in [1.165, 1.54) is 0 Å². The number of nitrogens with one attached hydrogen (secondary N) is 2. The van der Waals surface area contributed by atoms with E-state index in [0.717, 1.165) is 23.2 Å². The molecule has 2 aromatic rings. The maximum Gasteiger partial charge on any atom is 0.191 e. The molecule has 0 saturated heterocycles. The molecule has 2 rings (SSSR count). The van der Waals surface area contributed by atoms with Crippen molar-refractivity contribution >= 4 is 41.3 Å². The van der Waals surface area contributed by atoms with Gasteiger partial charge in [-0.05, 0) is 47.4 Å². The number of thiophene rings is 1. The summed E-state index contributed by atoms with van der Waals surface area (Å²) in [6.45, 7) is 6.09. The SMILES string of the molecule is CCNC(=NCc1ccccc1COC)NCC(C)(O)c1ccsc1.I. The molecule has 0 saturated carbocycles. The lowest BCUT2D eigenvalue weighted by molar-refractivity contribution is 0.0621. The number of hydrogen-bond donors (Lipinski definition) is 3. The quantitative estimate of drug-likeness (QED) is 0.302. The van der Waals surface area contributed by atoms with Gasteiger partial charge in [-0.2, -0.15) is 11.3 Å². The average Bonchev–Trinajstić information content (AvgIpc) is 3.14. The number of benzene rings is 1. The lowest BCUT2D eigenvalue weighted by Gasteiger charge is -2.24. The van der Waals surface area contributed by atoms with Crippen LogP contribution in [0.4, 0.5) is 0 Å². The maximum atomic E-state index is 10.6. The summed E-state index contributed by atoms with van der Waals surface area (Å²) in [5.74, 6) is 0.685. The minimum atomic E-state index is -0.940. The third-order valence-electron chi connectivity index (χ3n) is 3.91. The first-order valence-corrected chi connectivity index (χ1v) is 9.34. The van der Waals surface area contributed by atoms with Gasteiger partial charge in [0.15, 0.2) is 5.96 Å². The van der Waals surface area contributed by atoms with E-state index in [9.17, 15) is 5.11 Å². The number of hydrogen-bond acceptors (Lipinski definition) is 4. The molecule has 1 aromatic carbocycles. The summed E-state index contributed by atoms with van der Waals surface area (Å²) in [5.41, 5.74) is 2.23. The summed E-state index contributed by atoms with van der Waals surface area (Å²) in [4.78, 5) is 4.64. The number of rotatable bonds is 8. The number of guanidine groups is 1. The van der Waals surface area contributed by atoms with Gasteiger partial charge in [-0.1, -0.05) is 24.3 Å². The highest BCUT2D eigenvalue weighted by Gasteiger charge is 2.23. The third kappa shape index (κ3) is 6.86. The van der Waals surface area contributed by atoms with Crippen molar-refractivity contribution in [2.45, 2.75) is 32.6 Å². The highest BCUT2D eigenvalue weighted by Crippen LogP contribution is 2.22. The van der Waals surface area contributed by atoms with Crippen LogP contribution in [0.25, 0.3) is 0 Å². The highest BCUT2D eigenvalue weighted by atomic mass is 127. The summed E-state index contributed by atoms with van der Waals surface area (Å²) in [7, 11) is 1.69. The second-order valence-electron chi connectivity index (χ2n) is 6.04. The van der Waals surface area contributed by atoms with Crippen LogP contribution in [0.1, 0.15) is 30.5 Å². The number of ether oxygens (including phenoxy) is 1. The van der Waals surface area contributed by atoms with Crippen LogP contribution in [0, 0.1) is 0 Å². The molecule has 1 unspecified atom stereocenters.